The molecule has 0 radical (unpaired) electrons. The minimum atomic E-state index is -0.883. The molecule has 0 bridgehead atoms. The zero-order valence-electron chi connectivity index (χ0n) is 12.0. The number of carbonyl (C=O) groups is 2. The van der Waals surface area contributed by atoms with Gasteiger partial charge in [0, 0.05) is 26.2 Å². The van der Waals surface area contributed by atoms with Crippen LogP contribution in [-0.4, -0.2) is 64.3 Å². The fraction of sp³-hybridized carbons (Fsp3) is 0.857. The topological polar surface area (TPSA) is 81.1 Å². The minimum Gasteiger partial charge on any atom is -0.480 e. The van der Waals surface area contributed by atoms with E-state index in [0.29, 0.717) is 32.0 Å². The van der Waals surface area contributed by atoms with Crippen molar-refractivity contribution in [2.24, 2.45) is 11.8 Å². The van der Waals surface area contributed by atoms with E-state index in [1.54, 1.807) is 4.90 Å². The number of aliphatic carboxylic acids is 1. The maximum Gasteiger partial charge on any atom is 0.326 e. The third-order valence-corrected chi connectivity index (χ3v) is 4.63. The van der Waals surface area contributed by atoms with E-state index in [1.165, 1.54) is 4.90 Å². The lowest BCUT2D eigenvalue weighted by atomic mass is 9.94. The third kappa shape index (κ3) is 2.75. The molecule has 6 nitrogen and oxygen atoms in total. The van der Waals surface area contributed by atoms with E-state index >= 15 is 0 Å². The number of fused-ring (bicyclic) bond motifs is 1. The van der Waals surface area contributed by atoms with E-state index in [4.69, 9.17) is 5.11 Å². The first-order chi connectivity index (χ1) is 9.60. The van der Waals surface area contributed by atoms with E-state index in [9.17, 15) is 14.7 Å². The van der Waals surface area contributed by atoms with Gasteiger partial charge >= 0.3 is 12.0 Å². The minimum absolute atomic E-state index is 0.0391. The summed E-state index contributed by atoms with van der Waals surface area (Å²) in [5, 5.41) is 18.3. The van der Waals surface area contributed by atoms with Crippen LogP contribution in [0, 0.1) is 11.8 Å². The maximum atomic E-state index is 12.5. The van der Waals surface area contributed by atoms with E-state index in [-0.39, 0.29) is 18.6 Å². The van der Waals surface area contributed by atoms with Gasteiger partial charge in [0.2, 0.25) is 0 Å². The van der Waals surface area contributed by atoms with Crippen LogP contribution >= 0.6 is 0 Å². The molecule has 2 amide bonds. The molecule has 2 aliphatic rings. The van der Waals surface area contributed by atoms with Crippen LogP contribution in [0.5, 0.6) is 0 Å². The van der Waals surface area contributed by atoms with Crippen molar-refractivity contribution in [1.82, 2.24) is 9.80 Å². The van der Waals surface area contributed by atoms with E-state index in [1.807, 2.05) is 6.92 Å². The fourth-order valence-electron chi connectivity index (χ4n) is 3.65. The Kier molecular flexibility index (Phi) is 4.86. The van der Waals surface area contributed by atoms with Gasteiger partial charge in [0.15, 0.2) is 0 Å². The van der Waals surface area contributed by atoms with Crippen molar-refractivity contribution >= 4 is 12.0 Å². The van der Waals surface area contributed by atoms with Gasteiger partial charge in [-0.1, -0.05) is 6.42 Å². The fourth-order valence-corrected chi connectivity index (χ4v) is 3.65. The normalized spacial score (nSPS) is 28.5. The second kappa shape index (κ2) is 6.43. The maximum absolute atomic E-state index is 12.5. The largest absolute Gasteiger partial charge is 0.480 e. The van der Waals surface area contributed by atoms with Crippen LogP contribution in [-0.2, 0) is 4.79 Å². The summed E-state index contributed by atoms with van der Waals surface area (Å²) in [7, 11) is 0. The number of hydrogen-bond acceptors (Lipinski definition) is 3. The van der Waals surface area contributed by atoms with Crippen LogP contribution in [0.2, 0.25) is 0 Å². The first-order valence-corrected chi connectivity index (χ1v) is 7.49. The molecule has 3 atom stereocenters. The predicted molar refractivity (Wildman–Crippen MR) is 73.3 cm³/mol. The lowest BCUT2D eigenvalue weighted by Gasteiger charge is -2.30. The Balaban J connectivity index is 2.09. The highest BCUT2D eigenvalue weighted by Gasteiger charge is 2.50. The van der Waals surface area contributed by atoms with Crippen molar-refractivity contribution in [3.05, 3.63) is 0 Å². The monoisotopic (exact) mass is 284 g/mol. The number of carboxylic acid groups (broad SMARTS) is 1. The van der Waals surface area contributed by atoms with E-state index in [0.717, 1.165) is 19.3 Å². The number of aliphatic hydroxyl groups is 1. The van der Waals surface area contributed by atoms with Crippen molar-refractivity contribution < 1.29 is 19.8 Å². The SMILES string of the molecule is CCN(CCCO)C(=O)N1CC2CCCC2C1C(=O)O. The van der Waals surface area contributed by atoms with Gasteiger partial charge in [-0.3, -0.25) is 0 Å². The van der Waals surface area contributed by atoms with Gasteiger partial charge < -0.3 is 20.0 Å². The molecule has 2 N–H and O–H groups in total. The molecular weight excluding hydrogens is 260 g/mol. The lowest BCUT2D eigenvalue weighted by molar-refractivity contribution is -0.142. The number of aliphatic hydroxyl groups excluding tert-OH is 1. The number of nitrogens with zero attached hydrogens (tertiary/aromatic N) is 2. The number of hydrogen-bond donors (Lipinski definition) is 2. The summed E-state index contributed by atoms with van der Waals surface area (Å²) < 4.78 is 0. The second-order valence-corrected chi connectivity index (χ2v) is 5.73. The van der Waals surface area contributed by atoms with Gasteiger partial charge in [-0.2, -0.15) is 0 Å². The standard InChI is InChI=1S/C14H24N2O4/c1-2-15(7-4-8-17)14(20)16-9-10-5-3-6-11(10)12(16)13(18)19/h10-12,17H,2-9H2,1H3,(H,18,19). The average Bonchev–Trinajstić information content (AvgIpc) is 2.98. The molecule has 114 valence electrons. The number of urea groups is 1. The van der Waals surface area contributed by atoms with Gasteiger partial charge in [0.05, 0.1) is 0 Å². The molecule has 2 fully saturated rings. The van der Waals surface area contributed by atoms with Crippen LogP contribution < -0.4 is 0 Å². The number of carbonyl (C=O) groups excluding carboxylic acids is 1. The number of likely N-dealkylation sites (tertiary alicyclic amines) is 1. The Morgan fingerprint density at radius 3 is 2.70 bits per heavy atom. The van der Waals surface area contributed by atoms with Crippen LogP contribution in [0.1, 0.15) is 32.6 Å². The van der Waals surface area contributed by atoms with E-state index in [2.05, 4.69) is 0 Å². The molecule has 1 saturated heterocycles. The molecule has 0 aromatic carbocycles. The molecule has 2 rings (SSSR count). The molecule has 0 aromatic rings. The smallest absolute Gasteiger partial charge is 0.326 e. The van der Waals surface area contributed by atoms with Crippen molar-refractivity contribution in [3.8, 4) is 0 Å². The zero-order valence-corrected chi connectivity index (χ0v) is 12.0. The molecule has 1 saturated carbocycles. The predicted octanol–water partition coefficient (Wildman–Crippen LogP) is 0.996. The third-order valence-electron chi connectivity index (χ3n) is 4.63. The van der Waals surface area contributed by atoms with Gasteiger partial charge in [0.25, 0.3) is 0 Å². The quantitative estimate of drug-likeness (QED) is 0.789. The Morgan fingerprint density at radius 2 is 2.10 bits per heavy atom. The summed E-state index contributed by atoms with van der Waals surface area (Å²) in [6.07, 6.45) is 3.54. The highest BCUT2D eigenvalue weighted by molar-refractivity contribution is 5.84. The van der Waals surface area contributed by atoms with Crippen molar-refractivity contribution in [1.29, 1.82) is 0 Å². The lowest BCUT2D eigenvalue weighted by Crippen LogP contribution is -2.49. The Bertz CT molecular complexity index is 374. The van der Waals surface area contributed by atoms with Crippen LogP contribution in [0.3, 0.4) is 0 Å². The molecule has 3 unspecified atom stereocenters. The summed E-state index contributed by atoms with van der Waals surface area (Å²) in [5.41, 5.74) is 0. The molecule has 1 aliphatic carbocycles. The molecule has 6 heteroatoms. The molecule has 1 aliphatic heterocycles. The van der Waals surface area contributed by atoms with E-state index < -0.39 is 12.0 Å². The number of carboxylic acids is 1. The molecular formula is C14H24N2O4. The van der Waals surface area contributed by atoms with Gasteiger partial charge in [0.1, 0.15) is 6.04 Å². The van der Waals surface area contributed by atoms with Crippen LogP contribution in [0.25, 0.3) is 0 Å². The van der Waals surface area contributed by atoms with Gasteiger partial charge in [-0.25, -0.2) is 9.59 Å². The Hall–Kier alpha value is -1.30. The van der Waals surface area contributed by atoms with Crippen LogP contribution in [0.4, 0.5) is 4.79 Å². The highest BCUT2D eigenvalue weighted by Crippen LogP contribution is 2.42. The first kappa shape index (κ1) is 15.1. The van der Waals surface area contributed by atoms with Gasteiger partial charge in [-0.15, -0.1) is 0 Å². The molecule has 20 heavy (non-hydrogen) atoms. The Morgan fingerprint density at radius 1 is 1.35 bits per heavy atom. The van der Waals surface area contributed by atoms with Crippen molar-refractivity contribution in [3.63, 3.8) is 0 Å². The van der Waals surface area contributed by atoms with Crippen LogP contribution in [0.15, 0.2) is 0 Å². The summed E-state index contributed by atoms with van der Waals surface area (Å²) in [4.78, 5) is 27.2. The summed E-state index contributed by atoms with van der Waals surface area (Å²) in [5.74, 6) is -0.421. The summed E-state index contributed by atoms with van der Waals surface area (Å²) in [6.45, 7) is 3.50. The summed E-state index contributed by atoms with van der Waals surface area (Å²) in [6, 6.07) is -0.860. The second-order valence-electron chi connectivity index (χ2n) is 5.73. The van der Waals surface area contributed by atoms with Crippen molar-refractivity contribution in [2.45, 2.75) is 38.6 Å². The zero-order chi connectivity index (χ0) is 14.7. The number of rotatable bonds is 5. The molecule has 0 aromatic heterocycles. The molecule has 0 spiro atoms. The Labute approximate surface area is 119 Å². The first-order valence-electron chi connectivity index (χ1n) is 7.49. The van der Waals surface area contributed by atoms with Crippen molar-refractivity contribution in [2.75, 3.05) is 26.2 Å². The van der Waals surface area contributed by atoms with Gasteiger partial charge in [-0.05, 0) is 38.0 Å². The summed E-state index contributed by atoms with van der Waals surface area (Å²) >= 11 is 0. The number of amides is 2. The average molecular weight is 284 g/mol. The highest BCUT2D eigenvalue weighted by atomic mass is 16.4. The molecule has 1 heterocycles.